The Morgan fingerprint density at radius 2 is 1.85 bits per heavy atom. The Morgan fingerprint density at radius 1 is 1.23 bits per heavy atom. The average Bonchev–Trinajstić information content (AvgIpc) is 2.04. The zero-order valence-corrected chi connectivity index (χ0v) is 8.41. The molecule has 0 aliphatic carbocycles. The zero-order valence-electron chi connectivity index (χ0n) is 8.41. The predicted octanol–water partition coefficient (Wildman–Crippen LogP) is 3.57. The summed E-state index contributed by atoms with van der Waals surface area (Å²) in [6.45, 7) is 3.42. The van der Waals surface area contributed by atoms with Gasteiger partial charge in [-0.15, -0.1) is 0 Å². The van der Waals surface area contributed by atoms with Crippen molar-refractivity contribution < 1.29 is 13.6 Å². The highest BCUT2D eigenvalue weighted by Gasteiger charge is 2.28. The molecule has 0 fully saturated rings. The molecule has 0 rings (SSSR count). The van der Waals surface area contributed by atoms with Crippen LogP contribution in [0.1, 0.15) is 52.4 Å². The minimum absolute atomic E-state index is 0.244. The Labute approximate surface area is 78.5 Å². The van der Waals surface area contributed by atoms with Crippen molar-refractivity contribution in [2.75, 3.05) is 0 Å². The molecule has 0 saturated carbocycles. The van der Waals surface area contributed by atoms with Gasteiger partial charge in [0.05, 0.1) is 6.42 Å². The summed E-state index contributed by atoms with van der Waals surface area (Å²) >= 11 is 0. The Kier molecular flexibility index (Phi) is 5.84. The van der Waals surface area contributed by atoms with E-state index >= 15 is 0 Å². The second-order valence-corrected chi connectivity index (χ2v) is 3.38. The van der Waals surface area contributed by atoms with Crippen LogP contribution in [-0.2, 0) is 4.79 Å². The molecule has 0 aromatic rings. The molecule has 78 valence electrons. The highest BCUT2D eigenvalue weighted by Crippen LogP contribution is 2.23. The smallest absolute Gasteiger partial charge is 0.254 e. The van der Waals surface area contributed by atoms with Crippen molar-refractivity contribution in [3.63, 3.8) is 0 Å². The lowest BCUT2D eigenvalue weighted by Crippen LogP contribution is -2.19. The van der Waals surface area contributed by atoms with Gasteiger partial charge in [-0.05, 0) is 6.42 Å². The van der Waals surface area contributed by atoms with Crippen molar-refractivity contribution in [1.29, 1.82) is 0 Å². The van der Waals surface area contributed by atoms with Crippen molar-refractivity contribution in [1.82, 2.24) is 0 Å². The van der Waals surface area contributed by atoms with Gasteiger partial charge >= 0.3 is 0 Å². The number of hydrogen-bond acceptors (Lipinski definition) is 1. The number of Topliss-reactive ketones (excluding diaryl/α,β-unsaturated/α-hetero) is 1. The molecule has 0 aromatic heterocycles. The third kappa shape index (κ3) is 6.67. The molecular formula is C10H18F2O. The molecule has 0 heterocycles. The number of alkyl halides is 2. The van der Waals surface area contributed by atoms with E-state index in [4.69, 9.17) is 0 Å². The van der Waals surface area contributed by atoms with Gasteiger partial charge in [0.1, 0.15) is 5.78 Å². The second kappa shape index (κ2) is 6.06. The molecule has 0 bridgehead atoms. The summed E-state index contributed by atoms with van der Waals surface area (Å²) in [7, 11) is 0. The number of hydrogen-bond donors (Lipinski definition) is 0. The van der Waals surface area contributed by atoms with Gasteiger partial charge in [-0.2, -0.15) is 0 Å². The van der Waals surface area contributed by atoms with Crippen LogP contribution in [0.15, 0.2) is 0 Å². The molecular weight excluding hydrogens is 174 g/mol. The standard InChI is InChI=1S/C10H18F2O/c1-3-5-6-7-9(13)8-10(11,12)4-2/h3-8H2,1-2H3. The minimum Gasteiger partial charge on any atom is -0.299 e. The lowest BCUT2D eigenvalue weighted by Gasteiger charge is -2.12. The van der Waals surface area contributed by atoms with E-state index in [0.29, 0.717) is 6.42 Å². The molecule has 0 N–H and O–H groups in total. The Hall–Kier alpha value is -0.470. The molecule has 0 aliphatic heterocycles. The normalized spacial score (nSPS) is 11.7. The van der Waals surface area contributed by atoms with Gasteiger partial charge in [0.2, 0.25) is 0 Å². The van der Waals surface area contributed by atoms with Crippen molar-refractivity contribution >= 4 is 5.78 Å². The van der Waals surface area contributed by atoms with Crippen LogP contribution in [0, 0.1) is 0 Å². The fourth-order valence-corrected chi connectivity index (χ4v) is 1.07. The third-order valence-corrected chi connectivity index (χ3v) is 2.03. The molecule has 13 heavy (non-hydrogen) atoms. The molecule has 0 aromatic carbocycles. The topological polar surface area (TPSA) is 17.1 Å². The maximum Gasteiger partial charge on any atom is 0.254 e. The average molecular weight is 192 g/mol. The van der Waals surface area contributed by atoms with Crippen molar-refractivity contribution in [2.45, 2.75) is 58.3 Å². The fraction of sp³-hybridized carbons (Fsp3) is 0.900. The number of carbonyl (C=O) groups is 1. The van der Waals surface area contributed by atoms with E-state index < -0.39 is 12.3 Å². The van der Waals surface area contributed by atoms with Crippen LogP contribution >= 0.6 is 0 Å². The van der Waals surface area contributed by atoms with Crippen LogP contribution in [0.5, 0.6) is 0 Å². The first-order chi connectivity index (χ1) is 6.02. The number of unbranched alkanes of at least 4 members (excludes halogenated alkanes) is 2. The summed E-state index contributed by atoms with van der Waals surface area (Å²) in [6.07, 6.45) is 2.19. The predicted molar refractivity (Wildman–Crippen MR) is 49.0 cm³/mol. The lowest BCUT2D eigenvalue weighted by molar-refractivity contribution is -0.126. The quantitative estimate of drug-likeness (QED) is 0.563. The van der Waals surface area contributed by atoms with Crippen molar-refractivity contribution in [3.05, 3.63) is 0 Å². The van der Waals surface area contributed by atoms with E-state index in [0.717, 1.165) is 19.3 Å². The van der Waals surface area contributed by atoms with Gasteiger partial charge in [-0.25, -0.2) is 8.78 Å². The summed E-state index contributed by atoms with van der Waals surface area (Å²) < 4.78 is 25.4. The summed E-state index contributed by atoms with van der Waals surface area (Å²) in [4.78, 5) is 11.0. The first-order valence-corrected chi connectivity index (χ1v) is 4.91. The van der Waals surface area contributed by atoms with Crippen molar-refractivity contribution in [2.24, 2.45) is 0 Å². The Morgan fingerprint density at radius 3 is 2.31 bits per heavy atom. The first-order valence-electron chi connectivity index (χ1n) is 4.91. The largest absolute Gasteiger partial charge is 0.299 e. The van der Waals surface area contributed by atoms with Crippen LogP contribution in [-0.4, -0.2) is 11.7 Å². The second-order valence-electron chi connectivity index (χ2n) is 3.38. The van der Waals surface area contributed by atoms with Crippen LogP contribution in [0.2, 0.25) is 0 Å². The van der Waals surface area contributed by atoms with E-state index in [1.807, 2.05) is 6.92 Å². The molecule has 0 aliphatic rings. The van der Waals surface area contributed by atoms with E-state index in [-0.39, 0.29) is 12.2 Å². The molecule has 0 saturated heterocycles. The highest BCUT2D eigenvalue weighted by atomic mass is 19.3. The van der Waals surface area contributed by atoms with Gasteiger partial charge in [-0.1, -0.05) is 26.7 Å². The summed E-state index contributed by atoms with van der Waals surface area (Å²) in [6, 6.07) is 0. The van der Waals surface area contributed by atoms with Crippen LogP contribution in [0.3, 0.4) is 0 Å². The minimum atomic E-state index is -2.79. The van der Waals surface area contributed by atoms with Gasteiger partial charge in [0, 0.05) is 12.8 Å². The highest BCUT2D eigenvalue weighted by molar-refractivity contribution is 5.79. The van der Waals surface area contributed by atoms with E-state index in [9.17, 15) is 13.6 Å². The van der Waals surface area contributed by atoms with Crippen LogP contribution in [0.25, 0.3) is 0 Å². The lowest BCUT2D eigenvalue weighted by atomic mass is 10.0. The molecule has 1 nitrogen and oxygen atoms in total. The Balaban J connectivity index is 3.62. The maximum absolute atomic E-state index is 12.7. The molecule has 0 amide bonds. The zero-order chi connectivity index (χ0) is 10.3. The maximum atomic E-state index is 12.7. The SMILES string of the molecule is CCCCCC(=O)CC(F)(F)CC. The number of rotatable bonds is 7. The van der Waals surface area contributed by atoms with Crippen LogP contribution in [0.4, 0.5) is 8.78 Å². The van der Waals surface area contributed by atoms with Crippen LogP contribution < -0.4 is 0 Å². The van der Waals surface area contributed by atoms with Gasteiger partial charge in [-0.3, -0.25) is 4.79 Å². The number of carbonyl (C=O) groups excluding carboxylic acids is 1. The molecule has 3 heteroatoms. The molecule has 0 atom stereocenters. The molecule has 0 radical (unpaired) electrons. The summed E-state index contributed by atoms with van der Waals surface area (Å²) in [5.41, 5.74) is 0. The Bertz CT molecular complexity index is 155. The fourth-order valence-electron chi connectivity index (χ4n) is 1.07. The number of ketones is 1. The number of halogens is 2. The molecule has 0 spiro atoms. The first kappa shape index (κ1) is 12.5. The molecule has 0 unspecified atom stereocenters. The summed E-state index contributed by atoms with van der Waals surface area (Å²) in [5, 5.41) is 0. The van der Waals surface area contributed by atoms with Gasteiger partial charge < -0.3 is 0 Å². The van der Waals surface area contributed by atoms with Crippen molar-refractivity contribution in [3.8, 4) is 0 Å². The van der Waals surface area contributed by atoms with Gasteiger partial charge in [0.25, 0.3) is 5.92 Å². The van der Waals surface area contributed by atoms with E-state index in [1.54, 1.807) is 0 Å². The third-order valence-electron chi connectivity index (χ3n) is 2.03. The van der Waals surface area contributed by atoms with Gasteiger partial charge in [0.15, 0.2) is 0 Å². The van der Waals surface area contributed by atoms with E-state index in [2.05, 4.69) is 0 Å². The monoisotopic (exact) mass is 192 g/mol. The van der Waals surface area contributed by atoms with E-state index in [1.165, 1.54) is 6.92 Å². The summed E-state index contributed by atoms with van der Waals surface area (Å²) in [5.74, 6) is -3.09.